The molecule has 0 spiro atoms. The Morgan fingerprint density at radius 3 is 0.954 bits per heavy atom. The van der Waals surface area contributed by atoms with Crippen molar-refractivity contribution in [2.75, 3.05) is 20.8 Å². The molecule has 0 unspecified atom stereocenters. The number of alkyl halides is 3. The molecule has 87 heavy (non-hydrogen) atoms. The van der Waals surface area contributed by atoms with Gasteiger partial charge in [0.2, 0.25) is 0 Å². The van der Waals surface area contributed by atoms with Crippen LogP contribution in [-0.4, -0.2) is 106 Å². The van der Waals surface area contributed by atoms with E-state index in [1.807, 2.05) is 152 Å². The maximum Gasteiger partial charge on any atom is 0.485 e. The van der Waals surface area contributed by atoms with Gasteiger partial charge in [-0.3, -0.25) is 0 Å². The fraction of sp³-hybridized carbons (Fsp3) is 0.191. The Morgan fingerprint density at radius 1 is 0.448 bits per heavy atom. The van der Waals surface area contributed by atoms with Crippen LogP contribution >= 0.6 is 0 Å². The molecule has 0 fully saturated rings. The van der Waals surface area contributed by atoms with Crippen molar-refractivity contribution in [3.8, 4) is 56.3 Å². The van der Waals surface area contributed by atoms with Crippen LogP contribution in [0.5, 0.6) is 0 Å². The topological polar surface area (TPSA) is 182 Å². The van der Waals surface area contributed by atoms with Crippen LogP contribution in [0.15, 0.2) is 225 Å². The number of aryl methyl sites for hydroxylation is 2. The molecule has 0 aliphatic heterocycles. The number of aliphatic hydroxyl groups excluding tert-OH is 3. The third-order valence-electron chi connectivity index (χ3n) is 11.1. The van der Waals surface area contributed by atoms with Crippen LogP contribution in [0.25, 0.3) is 56.3 Å². The molecular formula is C68H75F3Ge2Ir2N5O6S-5. The second-order valence-electron chi connectivity index (χ2n) is 19.6. The van der Waals surface area contributed by atoms with E-state index in [9.17, 15) is 13.2 Å². The number of hydrogen-bond donors (Lipinski definition) is 3. The minimum atomic E-state index is -6.09. The maximum absolute atomic E-state index is 10.7. The third kappa shape index (κ3) is 31.0. The Balaban J connectivity index is 0.00000101. The molecule has 10 rings (SSSR count). The van der Waals surface area contributed by atoms with Gasteiger partial charge in [0.05, 0.1) is 0 Å². The SMILES string of the molecule is CCO.CO.CO.Cc1cc(-c2[c-]cccc2)nc[c]1[Ge]([CH3])([CH3])[CH3].Cc1cc(-c2ccccc2)nc[c]1[Ge]([CH3])([CH3])[CH3].O=S(=O)([O-])C(F)(F)F.[Ir].[Ir].[c-]1ccccc1-c1ccccn1.[c-]1ccccc1-c1ccccn1.[c-]1ccccc1-c1ccccn1. The van der Waals surface area contributed by atoms with Crippen molar-refractivity contribution in [1.82, 2.24) is 24.9 Å². The quantitative estimate of drug-likeness (QED) is 0.0598. The number of hydrogen-bond acceptors (Lipinski definition) is 11. The Kier molecular flexibility index (Phi) is 40.4. The van der Waals surface area contributed by atoms with Gasteiger partial charge in [0.1, 0.15) is 0 Å². The summed E-state index contributed by atoms with van der Waals surface area (Å²) in [6.45, 7) is 6.33. The molecular weight excluding hydrogens is 1600 g/mol. The molecule has 0 amide bonds. The van der Waals surface area contributed by atoms with Gasteiger partial charge in [-0.05, 0) is 42.2 Å². The van der Waals surface area contributed by atoms with E-state index in [1.165, 1.54) is 25.5 Å². The van der Waals surface area contributed by atoms with Crippen molar-refractivity contribution < 1.29 is 81.7 Å². The summed E-state index contributed by atoms with van der Waals surface area (Å²) in [5.74, 6) is 14.4. The van der Waals surface area contributed by atoms with Crippen LogP contribution in [0.4, 0.5) is 13.2 Å². The van der Waals surface area contributed by atoms with E-state index in [0.29, 0.717) is 0 Å². The maximum atomic E-state index is 10.7. The number of nitrogens with zero attached hydrogens (tertiary/aromatic N) is 5. The second kappa shape index (κ2) is 43.5. The summed E-state index contributed by atoms with van der Waals surface area (Å²) < 4.78 is 61.9. The molecule has 0 aliphatic rings. The van der Waals surface area contributed by atoms with E-state index in [2.05, 4.69) is 152 Å². The molecule has 0 aliphatic carbocycles. The largest absolute Gasteiger partial charge is 0.741 e. The first-order valence-corrected chi connectivity index (χ1v) is 42.8. The first-order chi connectivity index (χ1) is 40.5. The fourth-order valence-electron chi connectivity index (χ4n) is 7.37. The summed E-state index contributed by atoms with van der Waals surface area (Å²) in [6.07, 6.45) is 9.53. The minimum Gasteiger partial charge on any atom is -0.741 e. The summed E-state index contributed by atoms with van der Waals surface area (Å²) in [4.78, 5) is 21.9. The van der Waals surface area contributed by atoms with Gasteiger partial charge in [-0.1, -0.05) is 36.4 Å². The van der Waals surface area contributed by atoms with Crippen molar-refractivity contribution in [1.29, 1.82) is 0 Å². The van der Waals surface area contributed by atoms with E-state index in [0.717, 1.165) is 64.9 Å². The number of benzene rings is 5. The zero-order valence-corrected chi connectivity index (χ0v) is 60.4. The van der Waals surface area contributed by atoms with Crippen LogP contribution < -0.4 is 8.79 Å². The average Bonchev–Trinajstić information content (AvgIpc) is 2.35. The number of rotatable bonds is 7. The van der Waals surface area contributed by atoms with Crippen molar-refractivity contribution in [2.24, 2.45) is 0 Å². The zero-order valence-electron chi connectivity index (χ0n) is 50.6. The molecule has 10 aromatic rings. The predicted molar refractivity (Wildman–Crippen MR) is 344 cm³/mol. The number of halogens is 3. The molecule has 466 valence electrons. The van der Waals surface area contributed by atoms with Crippen molar-refractivity contribution in [2.45, 2.75) is 60.8 Å². The van der Waals surface area contributed by atoms with Crippen LogP contribution in [0.2, 0.25) is 34.5 Å². The van der Waals surface area contributed by atoms with E-state index in [1.54, 1.807) is 25.5 Å². The van der Waals surface area contributed by atoms with Crippen molar-refractivity contribution in [3.63, 3.8) is 0 Å². The molecule has 5 aromatic heterocycles. The number of aliphatic hydroxyl groups is 3. The van der Waals surface area contributed by atoms with Gasteiger partial charge in [0, 0.05) is 79.6 Å². The summed E-state index contributed by atoms with van der Waals surface area (Å²) in [6, 6.07) is 76.5. The predicted octanol–water partition coefficient (Wildman–Crippen LogP) is 13.9. The summed E-state index contributed by atoms with van der Waals surface area (Å²) in [5.41, 5.74) is 7.53. The van der Waals surface area contributed by atoms with Crippen LogP contribution in [0, 0.1) is 38.1 Å². The Hall–Kier alpha value is -6.19. The summed E-state index contributed by atoms with van der Waals surface area (Å²) in [5, 5.41) is 21.6. The van der Waals surface area contributed by atoms with E-state index >= 15 is 0 Å². The van der Waals surface area contributed by atoms with Gasteiger partial charge < -0.3 is 34.8 Å². The van der Waals surface area contributed by atoms with Gasteiger partial charge in [-0.15, -0.1) is 108 Å². The van der Waals surface area contributed by atoms with Crippen LogP contribution in [0.3, 0.4) is 0 Å². The molecule has 5 aromatic carbocycles. The third-order valence-corrected chi connectivity index (χ3v) is 20.7. The number of pyridine rings is 5. The Labute approximate surface area is 546 Å². The standard InChI is InChI=1S/C15H19GeN.C15H18GeN.3C11H8N.C2H6O.CHF3O3S.2CH4O.2Ir/c2*1-12-10-15(13-8-6-5-7-9-13)17-11-14(12)16(2,3)4;3*1-2-6-10(7-3-1)11-8-4-5-9-12-11;1-2-3;2-1(3,4)8(5,6)7;2*1-2;;/h5-11H,1-4H3;5-8,10-11H,1-4H3;3*1-6,8-9H;3H,2H2,1H3;(H,5,6,7);2*2H,1H3;;/q;4*-1;;;;;;/p-1. The van der Waals surface area contributed by atoms with Crippen molar-refractivity contribution >= 4 is 45.4 Å². The average molecular weight is 1680 g/mol. The van der Waals surface area contributed by atoms with E-state index in [4.69, 9.17) is 28.3 Å². The monoisotopic (exact) mass is 1680 g/mol. The first kappa shape index (κ1) is 80.8. The Bertz CT molecular complexity index is 3080. The Morgan fingerprint density at radius 2 is 0.713 bits per heavy atom. The molecule has 5 heterocycles. The first-order valence-electron chi connectivity index (χ1n) is 26.7. The zero-order chi connectivity index (χ0) is 63.3. The number of aromatic nitrogens is 5. The van der Waals surface area contributed by atoms with Gasteiger partial charge in [0.15, 0.2) is 10.1 Å². The van der Waals surface area contributed by atoms with Crippen molar-refractivity contribution in [3.05, 3.63) is 261 Å². The molecule has 0 saturated heterocycles. The van der Waals surface area contributed by atoms with Gasteiger partial charge >= 0.3 is 218 Å². The molecule has 19 heteroatoms. The summed E-state index contributed by atoms with van der Waals surface area (Å²) in [7, 11) is -4.09. The van der Waals surface area contributed by atoms with Gasteiger partial charge in [0.25, 0.3) is 0 Å². The smallest absolute Gasteiger partial charge is 0.485 e. The van der Waals surface area contributed by atoms with E-state index < -0.39 is 42.2 Å². The van der Waals surface area contributed by atoms with Gasteiger partial charge in [-0.25, -0.2) is 8.42 Å². The molecule has 0 saturated carbocycles. The van der Waals surface area contributed by atoms with E-state index in [-0.39, 0.29) is 46.8 Å². The van der Waals surface area contributed by atoms with Crippen LogP contribution in [0.1, 0.15) is 18.1 Å². The molecule has 3 N–H and O–H groups in total. The fourth-order valence-corrected chi connectivity index (χ4v) is 14.5. The molecule has 2 radical (unpaired) electrons. The second-order valence-corrected chi connectivity index (χ2v) is 42.1. The molecule has 11 nitrogen and oxygen atoms in total. The summed E-state index contributed by atoms with van der Waals surface area (Å²) >= 11 is -3.54. The minimum absolute atomic E-state index is 0. The normalized spacial score (nSPS) is 10.1. The van der Waals surface area contributed by atoms with Crippen LogP contribution in [-0.2, 0) is 50.3 Å². The molecule has 0 atom stereocenters. The van der Waals surface area contributed by atoms with Gasteiger partial charge in [-0.2, -0.15) is 13.2 Å². The molecule has 0 bridgehead atoms.